The zero-order valence-electron chi connectivity index (χ0n) is 11.3. The van der Waals surface area contributed by atoms with E-state index in [1.165, 1.54) is 12.1 Å². The van der Waals surface area contributed by atoms with Gasteiger partial charge in [-0.1, -0.05) is 36.7 Å². The van der Waals surface area contributed by atoms with Gasteiger partial charge < -0.3 is 9.67 Å². The van der Waals surface area contributed by atoms with E-state index in [1.807, 2.05) is 4.57 Å². The molecule has 0 amide bonds. The highest BCUT2D eigenvalue weighted by atomic mass is 35.5. The number of hydrogen-bond acceptors (Lipinski definition) is 3. The molecule has 0 radical (unpaired) electrons. The zero-order chi connectivity index (χ0) is 15.1. The minimum Gasteiger partial charge on any atom is -0.481 e. The second-order valence-corrected chi connectivity index (χ2v) is 6.52. The molecule has 2 unspecified atom stereocenters. The predicted molar refractivity (Wildman–Crippen MR) is 80.5 cm³/mol. The van der Waals surface area contributed by atoms with E-state index in [1.54, 1.807) is 0 Å². The number of benzene rings is 1. The molecule has 1 N–H and O–H groups in total. The molecule has 7 heteroatoms. The van der Waals surface area contributed by atoms with Gasteiger partial charge in [-0.15, -0.1) is 0 Å². The van der Waals surface area contributed by atoms with Crippen LogP contribution in [-0.4, -0.2) is 26.4 Å². The van der Waals surface area contributed by atoms with Crippen LogP contribution < -0.4 is 0 Å². The summed E-state index contributed by atoms with van der Waals surface area (Å²) in [5.74, 6) is -0.895. The number of aromatic nitrogens is 2. The van der Waals surface area contributed by atoms with Gasteiger partial charge in [-0.2, -0.15) is 0 Å². The lowest BCUT2D eigenvalue weighted by Gasteiger charge is -2.07. The van der Waals surface area contributed by atoms with Gasteiger partial charge in [0.25, 0.3) is 0 Å². The maximum Gasteiger partial charge on any atom is 0.313 e. The molecule has 1 saturated carbocycles. The molecular formula is C14H14ClFN2O2S. The van der Waals surface area contributed by atoms with E-state index >= 15 is 0 Å². The summed E-state index contributed by atoms with van der Waals surface area (Å²) < 4.78 is 15.7. The number of halogens is 2. The van der Waals surface area contributed by atoms with Crippen LogP contribution in [0.2, 0.25) is 5.02 Å². The number of carboxylic acid groups (broad SMARTS) is 1. The monoisotopic (exact) mass is 328 g/mol. The fourth-order valence-corrected chi connectivity index (χ4v) is 3.55. The molecule has 2 atom stereocenters. The third-order valence-corrected chi connectivity index (χ3v) is 4.99. The van der Waals surface area contributed by atoms with Crippen molar-refractivity contribution in [1.82, 2.24) is 9.55 Å². The van der Waals surface area contributed by atoms with Crippen LogP contribution in [0.4, 0.5) is 4.39 Å². The van der Waals surface area contributed by atoms with E-state index in [2.05, 4.69) is 11.9 Å². The Morgan fingerprint density at radius 1 is 1.62 bits per heavy atom. The Morgan fingerprint density at radius 2 is 2.38 bits per heavy atom. The number of carboxylic acids is 1. The van der Waals surface area contributed by atoms with Crippen molar-refractivity contribution in [1.29, 1.82) is 0 Å². The molecule has 2 aromatic rings. The van der Waals surface area contributed by atoms with Crippen molar-refractivity contribution in [3.05, 3.63) is 23.0 Å². The van der Waals surface area contributed by atoms with Crippen molar-refractivity contribution < 1.29 is 14.3 Å². The van der Waals surface area contributed by atoms with Gasteiger partial charge in [-0.3, -0.25) is 4.79 Å². The first-order valence-corrected chi connectivity index (χ1v) is 8.09. The number of hydrogen-bond donors (Lipinski definition) is 1. The summed E-state index contributed by atoms with van der Waals surface area (Å²) in [7, 11) is 0. The third-order valence-electron chi connectivity index (χ3n) is 3.77. The molecule has 3 rings (SSSR count). The van der Waals surface area contributed by atoms with Crippen molar-refractivity contribution >= 4 is 40.4 Å². The van der Waals surface area contributed by atoms with Crippen LogP contribution in [0.5, 0.6) is 0 Å². The van der Waals surface area contributed by atoms with E-state index in [4.69, 9.17) is 16.7 Å². The minimum absolute atomic E-state index is 0.0322. The molecular weight excluding hydrogens is 315 g/mol. The van der Waals surface area contributed by atoms with Gasteiger partial charge in [0.05, 0.1) is 21.8 Å². The second-order valence-electron chi connectivity index (χ2n) is 5.17. The fourth-order valence-electron chi connectivity index (χ4n) is 2.60. The van der Waals surface area contributed by atoms with Crippen LogP contribution in [0, 0.1) is 11.7 Å². The van der Waals surface area contributed by atoms with Crippen molar-refractivity contribution in [3.8, 4) is 0 Å². The minimum atomic E-state index is -0.898. The normalized spacial score (nSPS) is 20.9. The number of aliphatic carboxylic acids is 1. The SMILES string of the molecule is CCC1CC1n1c(SCC(=O)O)nc2cc(Cl)c(F)cc21. The summed E-state index contributed by atoms with van der Waals surface area (Å²) in [4.78, 5) is 15.2. The molecule has 0 bridgehead atoms. The molecule has 1 aromatic heterocycles. The quantitative estimate of drug-likeness (QED) is 0.844. The molecule has 0 saturated heterocycles. The van der Waals surface area contributed by atoms with Crippen LogP contribution in [0.15, 0.2) is 17.3 Å². The van der Waals surface area contributed by atoms with Gasteiger partial charge in [-0.05, 0) is 18.4 Å². The molecule has 1 aliphatic carbocycles. The van der Waals surface area contributed by atoms with E-state index in [9.17, 15) is 9.18 Å². The van der Waals surface area contributed by atoms with Crippen molar-refractivity contribution in [2.45, 2.75) is 31.0 Å². The topological polar surface area (TPSA) is 55.1 Å². The highest BCUT2D eigenvalue weighted by molar-refractivity contribution is 7.99. The van der Waals surface area contributed by atoms with Gasteiger partial charge >= 0.3 is 5.97 Å². The largest absolute Gasteiger partial charge is 0.481 e. The Hall–Kier alpha value is -1.27. The molecule has 4 nitrogen and oxygen atoms in total. The number of imidazole rings is 1. The summed E-state index contributed by atoms with van der Waals surface area (Å²) in [6.07, 6.45) is 2.07. The van der Waals surface area contributed by atoms with Crippen molar-refractivity contribution in [2.75, 3.05) is 5.75 Å². The van der Waals surface area contributed by atoms with Crippen LogP contribution in [-0.2, 0) is 4.79 Å². The van der Waals surface area contributed by atoms with Gasteiger partial charge in [0.15, 0.2) is 5.16 Å². The number of thioether (sulfide) groups is 1. The van der Waals surface area contributed by atoms with E-state index in [-0.39, 0.29) is 16.8 Å². The van der Waals surface area contributed by atoms with E-state index in [0.717, 1.165) is 24.6 Å². The summed E-state index contributed by atoms with van der Waals surface area (Å²) in [5, 5.41) is 9.49. The Bertz CT molecular complexity index is 719. The first-order chi connectivity index (χ1) is 10.0. The standard InChI is InChI=1S/C14H14ClFN2O2S/c1-2-7-3-11(7)18-12-5-9(16)8(15)4-10(12)17-14(18)21-6-13(19)20/h4-5,7,11H,2-3,6H2,1H3,(H,19,20). The summed E-state index contributed by atoms with van der Waals surface area (Å²) in [6, 6.07) is 3.16. The lowest BCUT2D eigenvalue weighted by molar-refractivity contribution is -0.133. The Kier molecular flexibility index (Phi) is 3.84. The number of carbonyl (C=O) groups is 1. The van der Waals surface area contributed by atoms with E-state index < -0.39 is 11.8 Å². The van der Waals surface area contributed by atoms with Gasteiger partial charge in [0.2, 0.25) is 0 Å². The number of rotatable bonds is 5. The molecule has 21 heavy (non-hydrogen) atoms. The second kappa shape index (κ2) is 5.50. The number of nitrogens with zero attached hydrogens (tertiary/aromatic N) is 2. The lowest BCUT2D eigenvalue weighted by atomic mass is 10.3. The van der Waals surface area contributed by atoms with Gasteiger partial charge in [-0.25, -0.2) is 9.37 Å². The summed E-state index contributed by atoms with van der Waals surface area (Å²) in [5.41, 5.74) is 1.29. The van der Waals surface area contributed by atoms with Crippen molar-refractivity contribution in [2.24, 2.45) is 5.92 Å². The molecule has 0 spiro atoms. The maximum absolute atomic E-state index is 13.7. The van der Waals surface area contributed by atoms with Crippen molar-refractivity contribution in [3.63, 3.8) is 0 Å². The first-order valence-electron chi connectivity index (χ1n) is 6.72. The van der Waals surface area contributed by atoms with Crippen LogP contribution >= 0.6 is 23.4 Å². The summed E-state index contributed by atoms with van der Waals surface area (Å²) in [6.45, 7) is 2.12. The smallest absolute Gasteiger partial charge is 0.313 e. The molecule has 1 aromatic carbocycles. The highest BCUT2D eigenvalue weighted by Gasteiger charge is 2.39. The molecule has 1 fully saturated rings. The molecule has 1 heterocycles. The van der Waals surface area contributed by atoms with E-state index in [0.29, 0.717) is 22.1 Å². The predicted octanol–water partition coefficient (Wildman–Crippen LogP) is 3.98. The number of fused-ring (bicyclic) bond motifs is 1. The highest BCUT2D eigenvalue weighted by Crippen LogP contribution is 2.49. The Morgan fingerprint density at radius 3 is 3.00 bits per heavy atom. The molecule has 0 aliphatic heterocycles. The Labute approximate surface area is 130 Å². The Balaban J connectivity index is 2.07. The van der Waals surface area contributed by atoms with Gasteiger partial charge in [0.1, 0.15) is 5.82 Å². The molecule has 112 valence electrons. The van der Waals surface area contributed by atoms with Crippen LogP contribution in [0.1, 0.15) is 25.8 Å². The zero-order valence-corrected chi connectivity index (χ0v) is 12.9. The first kappa shape index (κ1) is 14.7. The fraction of sp³-hybridized carbons (Fsp3) is 0.429. The maximum atomic E-state index is 13.7. The third kappa shape index (κ3) is 2.74. The average Bonchev–Trinajstić information content (AvgIpc) is 3.13. The molecule has 1 aliphatic rings. The van der Waals surface area contributed by atoms with Crippen LogP contribution in [0.25, 0.3) is 11.0 Å². The van der Waals surface area contributed by atoms with Gasteiger partial charge in [0, 0.05) is 12.1 Å². The van der Waals surface area contributed by atoms with Crippen LogP contribution in [0.3, 0.4) is 0 Å². The lowest BCUT2D eigenvalue weighted by Crippen LogP contribution is -2.03. The summed E-state index contributed by atoms with van der Waals surface area (Å²) >= 11 is 6.96. The average molecular weight is 329 g/mol.